The standard InChI is InChI=1S/C11H14F2N2O3S2/c12-10(13)7-18-6-5-15-20(16,17)9-4-2-1-3-8(9)11(14)19/h1-4,10,15H,5-7H2,(H2,14,19). The molecule has 0 aliphatic rings. The van der Waals surface area contributed by atoms with E-state index in [2.05, 4.69) is 9.46 Å². The molecule has 5 nitrogen and oxygen atoms in total. The Kier molecular flexibility index (Phi) is 6.40. The van der Waals surface area contributed by atoms with Gasteiger partial charge in [-0.25, -0.2) is 21.9 Å². The number of hydrogen-bond donors (Lipinski definition) is 2. The van der Waals surface area contributed by atoms with Crippen LogP contribution in [0.25, 0.3) is 0 Å². The van der Waals surface area contributed by atoms with Gasteiger partial charge in [-0.3, -0.25) is 0 Å². The van der Waals surface area contributed by atoms with Crippen LogP contribution < -0.4 is 10.5 Å². The Hall–Kier alpha value is -1.16. The fraction of sp³-hybridized carbons (Fsp3) is 0.364. The average Bonchev–Trinajstić information content (AvgIpc) is 2.37. The van der Waals surface area contributed by atoms with Crippen LogP contribution in [0.1, 0.15) is 5.56 Å². The predicted molar refractivity (Wildman–Crippen MR) is 74.3 cm³/mol. The van der Waals surface area contributed by atoms with E-state index >= 15 is 0 Å². The number of thiocarbonyl (C=S) groups is 1. The predicted octanol–water partition coefficient (Wildman–Crippen LogP) is 0.881. The van der Waals surface area contributed by atoms with Gasteiger partial charge in [-0.15, -0.1) is 0 Å². The van der Waals surface area contributed by atoms with E-state index in [0.29, 0.717) is 0 Å². The molecule has 0 saturated carbocycles. The fourth-order valence-corrected chi connectivity index (χ4v) is 2.88. The number of hydrogen-bond acceptors (Lipinski definition) is 4. The van der Waals surface area contributed by atoms with Crippen molar-refractivity contribution < 1.29 is 21.9 Å². The molecule has 0 saturated heterocycles. The molecule has 0 fully saturated rings. The van der Waals surface area contributed by atoms with Crippen LogP contribution in [-0.4, -0.2) is 39.6 Å². The minimum atomic E-state index is -3.82. The molecule has 0 amide bonds. The van der Waals surface area contributed by atoms with Gasteiger partial charge in [-0.1, -0.05) is 30.4 Å². The van der Waals surface area contributed by atoms with Gasteiger partial charge < -0.3 is 10.5 Å². The molecule has 0 aliphatic carbocycles. The van der Waals surface area contributed by atoms with E-state index in [0.717, 1.165) is 0 Å². The second-order valence-electron chi connectivity index (χ2n) is 3.72. The summed E-state index contributed by atoms with van der Waals surface area (Å²) in [5.41, 5.74) is 5.68. The summed E-state index contributed by atoms with van der Waals surface area (Å²) >= 11 is 4.78. The maximum Gasteiger partial charge on any atom is 0.261 e. The first-order chi connectivity index (χ1) is 9.34. The SMILES string of the molecule is NC(=S)c1ccccc1S(=O)(=O)NCCOCC(F)F. The zero-order valence-electron chi connectivity index (χ0n) is 10.4. The summed E-state index contributed by atoms with van der Waals surface area (Å²) in [6, 6.07) is 5.99. The third-order valence-corrected chi connectivity index (χ3v) is 3.96. The van der Waals surface area contributed by atoms with Gasteiger partial charge >= 0.3 is 0 Å². The van der Waals surface area contributed by atoms with E-state index in [9.17, 15) is 17.2 Å². The molecule has 3 N–H and O–H groups in total. The van der Waals surface area contributed by atoms with E-state index in [4.69, 9.17) is 18.0 Å². The third kappa shape index (κ3) is 5.08. The molecule has 0 radical (unpaired) electrons. The highest BCUT2D eigenvalue weighted by Crippen LogP contribution is 2.14. The molecule has 112 valence electrons. The Morgan fingerprint density at radius 2 is 2.05 bits per heavy atom. The van der Waals surface area contributed by atoms with E-state index in [-0.39, 0.29) is 28.6 Å². The molecule has 20 heavy (non-hydrogen) atoms. The molecule has 1 rings (SSSR count). The van der Waals surface area contributed by atoms with Gasteiger partial charge in [0.25, 0.3) is 6.43 Å². The number of sulfonamides is 1. The summed E-state index contributed by atoms with van der Waals surface area (Å²) in [5.74, 6) is 0. The van der Waals surface area contributed by atoms with Gasteiger partial charge in [0, 0.05) is 12.1 Å². The van der Waals surface area contributed by atoms with Gasteiger partial charge in [-0.2, -0.15) is 0 Å². The van der Waals surface area contributed by atoms with E-state index in [1.54, 1.807) is 6.07 Å². The number of nitrogens with two attached hydrogens (primary N) is 1. The van der Waals surface area contributed by atoms with Gasteiger partial charge in [0.05, 0.1) is 11.5 Å². The van der Waals surface area contributed by atoms with Crippen LogP contribution in [0.3, 0.4) is 0 Å². The van der Waals surface area contributed by atoms with Crippen molar-refractivity contribution in [1.82, 2.24) is 4.72 Å². The highest BCUT2D eigenvalue weighted by atomic mass is 32.2. The molecule has 0 bridgehead atoms. The van der Waals surface area contributed by atoms with Crippen molar-refractivity contribution in [1.29, 1.82) is 0 Å². The normalized spacial score (nSPS) is 11.8. The van der Waals surface area contributed by atoms with Gasteiger partial charge in [0.15, 0.2) is 0 Å². The second-order valence-corrected chi connectivity index (χ2v) is 5.90. The number of halogens is 2. The van der Waals surface area contributed by atoms with E-state index in [1.165, 1.54) is 18.2 Å². The molecule has 9 heteroatoms. The Balaban J connectivity index is 2.68. The minimum Gasteiger partial charge on any atom is -0.389 e. The van der Waals surface area contributed by atoms with Crippen LogP contribution in [0.2, 0.25) is 0 Å². The van der Waals surface area contributed by atoms with E-state index < -0.39 is 23.1 Å². The highest BCUT2D eigenvalue weighted by molar-refractivity contribution is 7.89. The quantitative estimate of drug-likeness (QED) is 0.548. The zero-order valence-corrected chi connectivity index (χ0v) is 12.0. The minimum absolute atomic E-state index is 0.0417. The lowest BCUT2D eigenvalue weighted by molar-refractivity contribution is 0.0199. The topological polar surface area (TPSA) is 81.4 Å². The maximum atomic E-state index is 12.0. The van der Waals surface area contributed by atoms with Crippen LogP contribution in [0.4, 0.5) is 8.78 Å². The van der Waals surface area contributed by atoms with Gasteiger partial charge in [-0.05, 0) is 6.07 Å². The van der Waals surface area contributed by atoms with Crippen molar-refractivity contribution in [3.8, 4) is 0 Å². The highest BCUT2D eigenvalue weighted by Gasteiger charge is 2.18. The molecular weight excluding hydrogens is 310 g/mol. The molecule has 1 aromatic carbocycles. The van der Waals surface area contributed by atoms with Crippen LogP contribution in [-0.2, 0) is 14.8 Å². The Morgan fingerprint density at radius 3 is 2.65 bits per heavy atom. The van der Waals surface area contributed by atoms with Crippen LogP contribution in [0.15, 0.2) is 29.2 Å². The van der Waals surface area contributed by atoms with Crippen molar-refractivity contribution in [2.24, 2.45) is 5.73 Å². The Morgan fingerprint density at radius 1 is 1.40 bits per heavy atom. The number of rotatable bonds is 8. The van der Waals surface area contributed by atoms with E-state index in [1.807, 2.05) is 0 Å². The molecule has 0 aliphatic heterocycles. The van der Waals surface area contributed by atoms with Crippen molar-refractivity contribution in [3.63, 3.8) is 0 Å². The summed E-state index contributed by atoms with van der Waals surface area (Å²) in [5, 5.41) is 0. The monoisotopic (exact) mass is 324 g/mol. The number of alkyl halides is 2. The summed E-state index contributed by atoms with van der Waals surface area (Å²) in [4.78, 5) is -0.0960. The summed E-state index contributed by atoms with van der Waals surface area (Å²) in [6.07, 6.45) is -2.58. The molecule has 0 unspecified atom stereocenters. The van der Waals surface area contributed by atoms with Crippen molar-refractivity contribution >= 4 is 27.2 Å². The molecule has 0 heterocycles. The lowest BCUT2D eigenvalue weighted by Gasteiger charge is -2.10. The number of ether oxygens (including phenoxy) is 1. The first-order valence-electron chi connectivity index (χ1n) is 5.59. The third-order valence-electron chi connectivity index (χ3n) is 2.22. The van der Waals surface area contributed by atoms with Gasteiger partial charge in [0.1, 0.15) is 11.6 Å². The Labute approximate surface area is 121 Å². The maximum absolute atomic E-state index is 12.0. The largest absolute Gasteiger partial charge is 0.389 e. The second kappa shape index (κ2) is 7.58. The molecular formula is C11H14F2N2O3S2. The first-order valence-corrected chi connectivity index (χ1v) is 7.48. The average molecular weight is 324 g/mol. The van der Waals surface area contributed by atoms with Crippen LogP contribution in [0.5, 0.6) is 0 Å². The molecule has 0 atom stereocenters. The molecule has 0 spiro atoms. The van der Waals surface area contributed by atoms with Crippen molar-refractivity contribution in [2.45, 2.75) is 11.3 Å². The van der Waals surface area contributed by atoms with Crippen molar-refractivity contribution in [3.05, 3.63) is 29.8 Å². The Bertz CT molecular complexity index is 565. The molecule has 0 aromatic heterocycles. The van der Waals surface area contributed by atoms with Crippen LogP contribution >= 0.6 is 12.2 Å². The summed E-state index contributed by atoms with van der Waals surface area (Å²) < 4.78 is 54.5. The number of nitrogens with one attached hydrogen (secondary N) is 1. The first kappa shape index (κ1) is 16.9. The van der Waals surface area contributed by atoms with Crippen molar-refractivity contribution in [2.75, 3.05) is 19.8 Å². The fourth-order valence-electron chi connectivity index (χ4n) is 1.40. The lowest BCUT2D eigenvalue weighted by Crippen LogP contribution is -2.29. The van der Waals surface area contributed by atoms with Crippen LogP contribution in [0, 0.1) is 0 Å². The molecule has 1 aromatic rings. The summed E-state index contributed by atoms with van der Waals surface area (Å²) in [7, 11) is -3.82. The smallest absolute Gasteiger partial charge is 0.261 e. The zero-order chi connectivity index (χ0) is 15.2. The lowest BCUT2D eigenvalue weighted by atomic mass is 10.2. The number of benzene rings is 1. The van der Waals surface area contributed by atoms with Gasteiger partial charge in [0.2, 0.25) is 10.0 Å². The summed E-state index contributed by atoms with van der Waals surface area (Å²) in [6.45, 7) is -1.01.